The number of aromatic nitrogens is 2. The van der Waals surface area contributed by atoms with Gasteiger partial charge >= 0.3 is 0 Å². The lowest BCUT2D eigenvalue weighted by atomic mass is 9.98. The van der Waals surface area contributed by atoms with Crippen LogP contribution >= 0.6 is 11.3 Å². The number of nitrogens with zero attached hydrogens (tertiary/aromatic N) is 2. The van der Waals surface area contributed by atoms with E-state index in [1.807, 2.05) is 45.0 Å². The number of carbonyl (C=O) groups is 2. The van der Waals surface area contributed by atoms with E-state index in [1.54, 1.807) is 7.11 Å². The Morgan fingerprint density at radius 1 is 1.25 bits per heavy atom. The zero-order chi connectivity index (χ0) is 20.5. The summed E-state index contributed by atoms with van der Waals surface area (Å²) < 4.78 is 5.23. The minimum Gasteiger partial charge on any atom is -0.497 e. The van der Waals surface area contributed by atoms with Crippen LogP contribution in [0.15, 0.2) is 24.3 Å². The van der Waals surface area contributed by atoms with E-state index in [0.717, 1.165) is 30.6 Å². The van der Waals surface area contributed by atoms with Crippen molar-refractivity contribution in [1.29, 1.82) is 0 Å². The molecule has 0 aliphatic heterocycles. The molecule has 7 nitrogen and oxygen atoms in total. The van der Waals surface area contributed by atoms with Crippen molar-refractivity contribution < 1.29 is 14.3 Å². The van der Waals surface area contributed by atoms with E-state index in [0.29, 0.717) is 16.6 Å². The normalized spacial score (nSPS) is 12.9. The van der Waals surface area contributed by atoms with Crippen LogP contribution in [0.1, 0.15) is 46.5 Å². The molecule has 2 unspecified atom stereocenters. The molecule has 0 saturated heterocycles. The fourth-order valence-corrected chi connectivity index (χ4v) is 3.36. The third-order valence-corrected chi connectivity index (χ3v) is 5.43. The lowest BCUT2D eigenvalue weighted by Gasteiger charge is -2.22. The van der Waals surface area contributed by atoms with Crippen molar-refractivity contribution in [2.75, 3.05) is 12.4 Å². The van der Waals surface area contributed by atoms with Crippen LogP contribution in [0, 0.1) is 5.92 Å². The van der Waals surface area contributed by atoms with E-state index >= 15 is 0 Å². The summed E-state index contributed by atoms with van der Waals surface area (Å²) in [4.78, 5) is 24.9. The number of carbonyl (C=O) groups excluding carboxylic acids is 2. The molecule has 1 aromatic carbocycles. The summed E-state index contributed by atoms with van der Waals surface area (Å²) in [5.41, 5.74) is 0.865. The molecule has 0 fully saturated rings. The van der Waals surface area contributed by atoms with E-state index in [4.69, 9.17) is 4.74 Å². The Balaban J connectivity index is 2.08. The van der Waals surface area contributed by atoms with Gasteiger partial charge < -0.3 is 10.1 Å². The summed E-state index contributed by atoms with van der Waals surface area (Å²) in [5.74, 6) is 0.366. The van der Waals surface area contributed by atoms with Crippen LogP contribution in [-0.2, 0) is 9.59 Å². The molecule has 0 aliphatic rings. The van der Waals surface area contributed by atoms with E-state index in [-0.39, 0.29) is 17.7 Å². The molecule has 0 bridgehead atoms. The molecule has 1 heterocycles. The first-order valence-corrected chi connectivity index (χ1v) is 10.4. The molecule has 28 heavy (non-hydrogen) atoms. The molecular weight excluding hydrogens is 376 g/mol. The highest BCUT2D eigenvalue weighted by Crippen LogP contribution is 2.29. The predicted molar refractivity (Wildman–Crippen MR) is 111 cm³/mol. The maximum atomic E-state index is 12.8. The van der Waals surface area contributed by atoms with Gasteiger partial charge in [-0.2, -0.15) is 0 Å². The monoisotopic (exact) mass is 404 g/mol. The molecule has 2 rings (SSSR count). The molecule has 0 saturated carbocycles. The zero-order valence-corrected chi connectivity index (χ0v) is 17.6. The molecular formula is C20H28N4O3S. The lowest BCUT2D eigenvalue weighted by molar-refractivity contribution is -0.127. The number of anilines is 1. The predicted octanol–water partition coefficient (Wildman–Crippen LogP) is 3.87. The van der Waals surface area contributed by atoms with Gasteiger partial charge in [-0.3, -0.25) is 14.9 Å². The van der Waals surface area contributed by atoms with Gasteiger partial charge in [-0.1, -0.05) is 57.1 Å². The van der Waals surface area contributed by atoms with Crippen LogP contribution in [0.5, 0.6) is 5.75 Å². The van der Waals surface area contributed by atoms with E-state index in [1.165, 1.54) is 11.3 Å². The van der Waals surface area contributed by atoms with Crippen LogP contribution in [-0.4, -0.2) is 35.2 Å². The van der Waals surface area contributed by atoms with Crippen LogP contribution in [0.3, 0.4) is 0 Å². The van der Waals surface area contributed by atoms with Crippen molar-refractivity contribution in [3.63, 3.8) is 0 Å². The smallest absolute Gasteiger partial charge is 0.249 e. The largest absolute Gasteiger partial charge is 0.497 e. The number of nitrogens with one attached hydrogen (secondary N) is 2. The molecule has 0 spiro atoms. The lowest BCUT2D eigenvalue weighted by Crippen LogP contribution is -2.47. The number of rotatable bonds is 10. The molecule has 152 valence electrons. The van der Waals surface area contributed by atoms with Crippen molar-refractivity contribution in [3.8, 4) is 16.3 Å². The van der Waals surface area contributed by atoms with Gasteiger partial charge in [0.05, 0.1) is 7.11 Å². The fourth-order valence-electron chi connectivity index (χ4n) is 2.61. The Bertz CT molecular complexity index is 793. The third-order valence-electron chi connectivity index (χ3n) is 4.54. The Labute approximate surface area is 169 Å². The second-order valence-corrected chi connectivity index (χ2v) is 7.65. The van der Waals surface area contributed by atoms with Crippen LogP contribution < -0.4 is 15.4 Å². The van der Waals surface area contributed by atoms with E-state index < -0.39 is 6.04 Å². The van der Waals surface area contributed by atoms with Crippen molar-refractivity contribution in [2.24, 2.45) is 5.92 Å². The van der Waals surface area contributed by atoms with E-state index in [2.05, 4.69) is 20.8 Å². The Morgan fingerprint density at radius 2 is 2.04 bits per heavy atom. The summed E-state index contributed by atoms with van der Waals surface area (Å²) in [7, 11) is 1.61. The molecule has 2 N–H and O–H groups in total. The van der Waals surface area contributed by atoms with Gasteiger partial charge in [0.25, 0.3) is 0 Å². The first-order chi connectivity index (χ1) is 13.5. The maximum Gasteiger partial charge on any atom is 0.249 e. The quantitative estimate of drug-likeness (QED) is 0.627. The molecule has 1 aromatic heterocycles. The average molecular weight is 405 g/mol. The van der Waals surface area contributed by atoms with Gasteiger partial charge in [0.2, 0.25) is 16.9 Å². The Kier molecular flexibility index (Phi) is 8.38. The van der Waals surface area contributed by atoms with Crippen molar-refractivity contribution >= 4 is 28.3 Å². The molecule has 0 radical (unpaired) electrons. The van der Waals surface area contributed by atoms with Gasteiger partial charge in [-0.15, -0.1) is 10.2 Å². The Hall–Kier alpha value is -2.48. The van der Waals surface area contributed by atoms with Crippen molar-refractivity contribution in [2.45, 2.75) is 52.5 Å². The van der Waals surface area contributed by atoms with Gasteiger partial charge in [-0.25, -0.2) is 0 Å². The number of hydrogen-bond acceptors (Lipinski definition) is 6. The summed E-state index contributed by atoms with van der Waals surface area (Å²) in [6.07, 6.45) is 2.94. The van der Waals surface area contributed by atoms with Crippen molar-refractivity contribution in [1.82, 2.24) is 15.5 Å². The number of ether oxygens (including phenoxy) is 1. The van der Waals surface area contributed by atoms with Gasteiger partial charge in [-0.05, 0) is 24.5 Å². The summed E-state index contributed by atoms with van der Waals surface area (Å²) in [5, 5.41) is 15.0. The highest BCUT2D eigenvalue weighted by Gasteiger charge is 2.26. The van der Waals surface area contributed by atoms with Crippen LogP contribution in [0.25, 0.3) is 10.6 Å². The average Bonchev–Trinajstić information content (AvgIpc) is 3.18. The summed E-state index contributed by atoms with van der Waals surface area (Å²) in [6, 6.07) is 6.90. The van der Waals surface area contributed by atoms with Crippen LogP contribution in [0.4, 0.5) is 5.13 Å². The summed E-state index contributed by atoms with van der Waals surface area (Å²) in [6.45, 7) is 5.97. The minimum atomic E-state index is -0.599. The number of amides is 2. The second kappa shape index (κ2) is 10.8. The molecule has 0 aliphatic carbocycles. The fraction of sp³-hybridized carbons (Fsp3) is 0.500. The second-order valence-electron chi connectivity index (χ2n) is 6.67. The Morgan fingerprint density at radius 3 is 2.71 bits per heavy atom. The zero-order valence-electron chi connectivity index (χ0n) is 16.8. The first-order valence-electron chi connectivity index (χ1n) is 9.56. The summed E-state index contributed by atoms with van der Waals surface area (Å²) >= 11 is 1.28. The van der Waals surface area contributed by atoms with Gasteiger partial charge in [0.15, 0.2) is 0 Å². The maximum absolute atomic E-state index is 12.8. The molecule has 2 aromatic rings. The standard InChI is InChI=1S/C20H28N4O3S/c1-5-7-11-16(25)21-17(13(3)6-2)18(26)22-20-24-23-19(28-20)14-9-8-10-15(12-14)27-4/h8-10,12-13,17H,5-7,11H2,1-4H3,(H,21,25)(H,22,24,26). The number of unbranched alkanes of at least 4 members (excludes halogenated alkanes) is 1. The number of benzene rings is 1. The van der Waals surface area contributed by atoms with Gasteiger partial charge in [0, 0.05) is 12.0 Å². The van der Waals surface area contributed by atoms with Gasteiger partial charge in [0.1, 0.15) is 16.8 Å². The number of methoxy groups -OCH3 is 1. The highest BCUT2D eigenvalue weighted by molar-refractivity contribution is 7.18. The third kappa shape index (κ3) is 6.02. The minimum absolute atomic E-state index is 0.0105. The topological polar surface area (TPSA) is 93.2 Å². The van der Waals surface area contributed by atoms with Crippen molar-refractivity contribution in [3.05, 3.63) is 24.3 Å². The highest BCUT2D eigenvalue weighted by atomic mass is 32.1. The molecule has 8 heteroatoms. The van der Waals surface area contributed by atoms with Crippen LogP contribution in [0.2, 0.25) is 0 Å². The SMILES string of the molecule is CCCCC(=O)NC(C(=O)Nc1nnc(-c2cccc(OC)c2)s1)C(C)CC. The molecule has 2 atom stereocenters. The molecule has 2 amide bonds. The van der Waals surface area contributed by atoms with E-state index in [9.17, 15) is 9.59 Å². The first kappa shape index (κ1) is 21.8. The number of hydrogen-bond donors (Lipinski definition) is 2.